The summed E-state index contributed by atoms with van der Waals surface area (Å²) in [5, 5.41) is 0.871. The predicted molar refractivity (Wildman–Crippen MR) is 53.3 cm³/mol. The molecular formula is C10H12BrF. The highest BCUT2D eigenvalue weighted by molar-refractivity contribution is 9.09. The zero-order valence-corrected chi connectivity index (χ0v) is 8.86. The van der Waals surface area contributed by atoms with Crippen molar-refractivity contribution in [2.75, 3.05) is 5.33 Å². The van der Waals surface area contributed by atoms with Gasteiger partial charge in [0.05, 0.1) is 0 Å². The first kappa shape index (κ1) is 9.72. The average Bonchev–Trinajstić information content (AvgIpc) is 2.01. The third-order valence-corrected chi connectivity index (χ3v) is 2.84. The molecule has 0 aromatic heterocycles. The molecule has 0 aliphatic rings. The standard InChI is InChI=1S/C10H12BrF/c1-7-3-9(8(2)6-11)5-10(12)4-7/h3-5,8H,6H2,1-2H3. The molecule has 0 spiro atoms. The van der Waals surface area contributed by atoms with Gasteiger partial charge in [0.25, 0.3) is 0 Å². The molecular weight excluding hydrogens is 219 g/mol. The van der Waals surface area contributed by atoms with Crippen molar-refractivity contribution in [1.82, 2.24) is 0 Å². The summed E-state index contributed by atoms with van der Waals surface area (Å²) in [6.45, 7) is 3.98. The molecule has 0 N–H and O–H groups in total. The van der Waals surface area contributed by atoms with Crippen LogP contribution in [0.1, 0.15) is 24.0 Å². The fourth-order valence-corrected chi connectivity index (χ4v) is 1.51. The molecule has 1 atom stereocenters. The molecule has 66 valence electrons. The summed E-state index contributed by atoms with van der Waals surface area (Å²) in [6, 6.07) is 5.17. The summed E-state index contributed by atoms with van der Waals surface area (Å²) in [7, 11) is 0. The van der Waals surface area contributed by atoms with Crippen LogP contribution in [0.25, 0.3) is 0 Å². The van der Waals surface area contributed by atoms with E-state index < -0.39 is 0 Å². The normalized spacial score (nSPS) is 13.0. The molecule has 0 radical (unpaired) electrons. The third kappa shape index (κ3) is 2.31. The molecule has 1 unspecified atom stereocenters. The van der Waals surface area contributed by atoms with Gasteiger partial charge >= 0.3 is 0 Å². The minimum absolute atomic E-state index is 0.141. The van der Waals surface area contributed by atoms with Gasteiger partial charge in [-0.05, 0) is 36.1 Å². The Morgan fingerprint density at radius 2 is 2.08 bits per heavy atom. The van der Waals surface area contributed by atoms with Crippen LogP contribution in [-0.4, -0.2) is 5.33 Å². The van der Waals surface area contributed by atoms with Crippen molar-refractivity contribution in [3.8, 4) is 0 Å². The SMILES string of the molecule is Cc1cc(F)cc(C(C)CBr)c1. The molecule has 0 saturated carbocycles. The van der Waals surface area contributed by atoms with E-state index in [4.69, 9.17) is 0 Å². The van der Waals surface area contributed by atoms with Gasteiger partial charge in [0.15, 0.2) is 0 Å². The lowest BCUT2D eigenvalue weighted by molar-refractivity contribution is 0.622. The van der Waals surface area contributed by atoms with Gasteiger partial charge in [0.1, 0.15) is 5.82 Å². The van der Waals surface area contributed by atoms with Crippen LogP contribution in [0.5, 0.6) is 0 Å². The fourth-order valence-electron chi connectivity index (χ4n) is 1.14. The molecule has 2 heteroatoms. The number of aryl methyl sites for hydroxylation is 1. The lowest BCUT2D eigenvalue weighted by atomic mass is 10.0. The van der Waals surface area contributed by atoms with E-state index in [1.54, 1.807) is 12.1 Å². The van der Waals surface area contributed by atoms with Gasteiger partial charge in [0, 0.05) is 5.33 Å². The second kappa shape index (κ2) is 4.04. The Labute approximate surface area is 80.9 Å². The molecule has 0 heterocycles. The van der Waals surface area contributed by atoms with E-state index in [0.29, 0.717) is 5.92 Å². The third-order valence-electron chi connectivity index (χ3n) is 1.86. The van der Waals surface area contributed by atoms with Gasteiger partial charge in [-0.25, -0.2) is 4.39 Å². The van der Waals surface area contributed by atoms with Gasteiger partial charge < -0.3 is 0 Å². The number of hydrogen-bond donors (Lipinski definition) is 0. The Hall–Kier alpha value is -0.370. The molecule has 0 amide bonds. The van der Waals surface area contributed by atoms with Crippen molar-refractivity contribution in [3.05, 3.63) is 35.1 Å². The Kier molecular flexibility index (Phi) is 3.27. The number of halogens is 2. The molecule has 0 fully saturated rings. The zero-order chi connectivity index (χ0) is 9.14. The summed E-state index contributed by atoms with van der Waals surface area (Å²) in [4.78, 5) is 0. The predicted octanol–water partition coefficient (Wildman–Crippen LogP) is 3.63. The maximum atomic E-state index is 12.9. The van der Waals surface area contributed by atoms with Gasteiger partial charge in [-0.2, -0.15) is 0 Å². The van der Waals surface area contributed by atoms with E-state index in [2.05, 4.69) is 22.9 Å². The van der Waals surface area contributed by atoms with E-state index >= 15 is 0 Å². The monoisotopic (exact) mass is 230 g/mol. The number of rotatable bonds is 2. The minimum Gasteiger partial charge on any atom is -0.207 e. The molecule has 12 heavy (non-hydrogen) atoms. The lowest BCUT2D eigenvalue weighted by Crippen LogP contribution is -1.95. The first-order valence-electron chi connectivity index (χ1n) is 3.96. The van der Waals surface area contributed by atoms with Crippen LogP contribution in [0.3, 0.4) is 0 Å². The molecule has 1 aromatic rings. The van der Waals surface area contributed by atoms with Crippen LogP contribution in [0.15, 0.2) is 18.2 Å². The minimum atomic E-state index is -0.141. The van der Waals surface area contributed by atoms with Crippen molar-refractivity contribution in [1.29, 1.82) is 0 Å². The van der Waals surface area contributed by atoms with E-state index in [-0.39, 0.29) is 5.82 Å². The van der Waals surface area contributed by atoms with Gasteiger partial charge in [-0.1, -0.05) is 28.9 Å². The summed E-state index contributed by atoms with van der Waals surface area (Å²) in [6.07, 6.45) is 0. The number of hydrogen-bond acceptors (Lipinski definition) is 0. The highest BCUT2D eigenvalue weighted by atomic mass is 79.9. The van der Waals surface area contributed by atoms with Crippen molar-refractivity contribution in [3.63, 3.8) is 0 Å². The fraction of sp³-hybridized carbons (Fsp3) is 0.400. The Balaban J connectivity index is 3.00. The first-order chi connectivity index (χ1) is 5.63. The maximum Gasteiger partial charge on any atom is 0.123 e. The lowest BCUT2D eigenvalue weighted by Gasteiger charge is -2.08. The van der Waals surface area contributed by atoms with Crippen molar-refractivity contribution < 1.29 is 4.39 Å². The van der Waals surface area contributed by atoms with Crippen molar-refractivity contribution in [2.45, 2.75) is 19.8 Å². The van der Waals surface area contributed by atoms with E-state index in [1.165, 1.54) is 0 Å². The summed E-state index contributed by atoms with van der Waals surface area (Å²) in [5.74, 6) is 0.234. The Morgan fingerprint density at radius 1 is 1.42 bits per heavy atom. The van der Waals surface area contributed by atoms with Crippen LogP contribution >= 0.6 is 15.9 Å². The van der Waals surface area contributed by atoms with E-state index in [1.807, 2.05) is 13.0 Å². The second-order valence-corrected chi connectivity index (χ2v) is 3.76. The smallest absolute Gasteiger partial charge is 0.123 e. The Bertz CT molecular complexity index is 250. The van der Waals surface area contributed by atoms with Gasteiger partial charge in [0.2, 0.25) is 0 Å². The number of benzene rings is 1. The highest BCUT2D eigenvalue weighted by Gasteiger charge is 2.05. The summed E-state index contributed by atoms with van der Waals surface area (Å²) < 4.78 is 12.9. The second-order valence-electron chi connectivity index (χ2n) is 3.12. The molecule has 0 aliphatic carbocycles. The van der Waals surface area contributed by atoms with Crippen molar-refractivity contribution in [2.24, 2.45) is 0 Å². The van der Waals surface area contributed by atoms with Crippen molar-refractivity contribution >= 4 is 15.9 Å². The quantitative estimate of drug-likeness (QED) is 0.681. The Morgan fingerprint density at radius 3 is 2.58 bits per heavy atom. The number of alkyl halides is 1. The van der Waals surface area contributed by atoms with Crippen LogP contribution < -0.4 is 0 Å². The molecule has 0 saturated heterocycles. The molecule has 0 nitrogen and oxygen atoms in total. The molecule has 0 bridgehead atoms. The maximum absolute atomic E-state index is 12.9. The van der Waals surface area contributed by atoms with Gasteiger partial charge in [-0.15, -0.1) is 0 Å². The van der Waals surface area contributed by atoms with E-state index in [0.717, 1.165) is 16.5 Å². The topological polar surface area (TPSA) is 0 Å². The van der Waals surface area contributed by atoms with Crippen LogP contribution in [0, 0.1) is 12.7 Å². The molecule has 1 aromatic carbocycles. The summed E-state index contributed by atoms with van der Waals surface area (Å²) in [5.41, 5.74) is 2.04. The summed E-state index contributed by atoms with van der Waals surface area (Å²) >= 11 is 3.38. The zero-order valence-electron chi connectivity index (χ0n) is 7.27. The van der Waals surface area contributed by atoms with Crippen LogP contribution in [0.4, 0.5) is 4.39 Å². The van der Waals surface area contributed by atoms with Crippen LogP contribution in [0.2, 0.25) is 0 Å². The largest absolute Gasteiger partial charge is 0.207 e. The van der Waals surface area contributed by atoms with Crippen LogP contribution in [-0.2, 0) is 0 Å². The average molecular weight is 231 g/mol. The highest BCUT2D eigenvalue weighted by Crippen LogP contribution is 2.19. The first-order valence-corrected chi connectivity index (χ1v) is 5.08. The van der Waals surface area contributed by atoms with E-state index in [9.17, 15) is 4.39 Å². The van der Waals surface area contributed by atoms with Gasteiger partial charge in [-0.3, -0.25) is 0 Å². The molecule has 0 aliphatic heterocycles. The molecule has 1 rings (SSSR count).